The van der Waals surface area contributed by atoms with Gasteiger partial charge in [0.1, 0.15) is 12.0 Å². The van der Waals surface area contributed by atoms with Gasteiger partial charge >= 0.3 is 0 Å². The van der Waals surface area contributed by atoms with Gasteiger partial charge in [-0.05, 0) is 73.0 Å². The van der Waals surface area contributed by atoms with E-state index < -0.39 is 0 Å². The Hall–Kier alpha value is -2.93. The Morgan fingerprint density at radius 2 is 1.68 bits per heavy atom. The smallest absolute Gasteiger partial charge is 0.139 e. The molecule has 4 aromatic rings. The molecule has 0 radical (unpaired) electrons. The number of aromatic nitrogens is 1. The van der Waals surface area contributed by atoms with E-state index in [2.05, 4.69) is 69.0 Å². The van der Waals surface area contributed by atoms with Crippen LogP contribution in [0.1, 0.15) is 24.3 Å². The van der Waals surface area contributed by atoms with Gasteiger partial charge in [-0.25, -0.2) is 4.39 Å². The van der Waals surface area contributed by atoms with Crippen LogP contribution in [0.15, 0.2) is 89.7 Å². The average molecular weight is 520 g/mol. The summed E-state index contributed by atoms with van der Waals surface area (Å²) in [5, 5.41) is 0. The van der Waals surface area contributed by atoms with E-state index in [1.54, 1.807) is 0 Å². The van der Waals surface area contributed by atoms with Crippen LogP contribution in [0.3, 0.4) is 0 Å². The summed E-state index contributed by atoms with van der Waals surface area (Å²) in [6.07, 6.45) is 5.10. The first-order valence-corrected chi connectivity index (χ1v) is 12.2. The van der Waals surface area contributed by atoms with Crippen LogP contribution in [0.5, 0.6) is 0 Å². The zero-order chi connectivity index (χ0) is 23.7. The fraction of sp³-hybridized carbons (Fsp3) is 0.214. The van der Waals surface area contributed by atoms with Crippen molar-refractivity contribution in [1.82, 2.24) is 9.47 Å². The SMILES string of the molecule is C[C@H]1CN(CCc2ccc(N)cc2)[C@H](c2cn(-c3ccc(Br)cc3)cc2-c2ccc(F)cc2)O1. The summed E-state index contributed by atoms with van der Waals surface area (Å²) in [7, 11) is 0. The van der Waals surface area contributed by atoms with Crippen LogP contribution < -0.4 is 5.73 Å². The molecule has 0 spiro atoms. The number of hydrogen-bond acceptors (Lipinski definition) is 3. The predicted molar refractivity (Wildman–Crippen MR) is 138 cm³/mol. The largest absolute Gasteiger partial charge is 0.399 e. The molecule has 0 unspecified atom stereocenters. The molecule has 1 saturated heterocycles. The fourth-order valence-electron chi connectivity index (χ4n) is 4.51. The Labute approximate surface area is 207 Å². The second kappa shape index (κ2) is 9.74. The number of nitrogens with two attached hydrogens (primary N) is 1. The molecule has 0 aliphatic carbocycles. The van der Waals surface area contributed by atoms with Gasteiger partial charge in [-0.3, -0.25) is 4.90 Å². The number of hydrogen-bond donors (Lipinski definition) is 1. The first-order valence-electron chi connectivity index (χ1n) is 11.4. The Morgan fingerprint density at radius 3 is 2.38 bits per heavy atom. The maximum Gasteiger partial charge on any atom is 0.139 e. The Bertz CT molecular complexity index is 1250. The number of nitrogens with zero attached hydrogens (tertiary/aromatic N) is 2. The second-order valence-electron chi connectivity index (χ2n) is 8.80. The van der Waals surface area contributed by atoms with Crippen LogP contribution in [-0.4, -0.2) is 28.7 Å². The van der Waals surface area contributed by atoms with Crippen molar-refractivity contribution in [2.45, 2.75) is 25.7 Å². The van der Waals surface area contributed by atoms with E-state index in [4.69, 9.17) is 10.5 Å². The number of anilines is 1. The zero-order valence-corrected chi connectivity index (χ0v) is 20.6. The van der Waals surface area contributed by atoms with Crippen LogP contribution in [0.4, 0.5) is 10.1 Å². The van der Waals surface area contributed by atoms with Crippen molar-refractivity contribution >= 4 is 21.6 Å². The third-order valence-electron chi connectivity index (χ3n) is 6.26. The molecule has 34 heavy (non-hydrogen) atoms. The third-order valence-corrected chi connectivity index (χ3v) is 6.78. The van der Waals surface area contributed by atoms with E-state index in [1.807, 2.05) is 36.4 Å². The lowest BCUT2D eigenvalue weighted by Crippen LogP contribution is -2.27. The molecule has 5 rings (SSSR count). The van der Waals surface area contributed by atoms with Gasteiger partial charge in [0.05, 0.1) is 6.10 Å². The molecule has 0 saturated carbocycles. The van der Waals surface area contributed by atoms with E-state index >= 15 is 0 Å². The number of benzene rings is 3. The summed E-state index contributed by atoms with van der Waals surface area (Å²) in [4.78, 5) is 2.38. The molecule has 3 aromatic carbocycles. The van der Waals surface area contributed by atoms with Crippen LogP contribution in [0, 0.1) is 5.82 Å². The third kappa shape index (κ3) is 4.94. The maximum atomic E-state index is 13.7. The minimum absolute atomic E-state index is 0.119. The van der Waals surface area contributed by atoms with Crippen molar-refractivity contribution in [3.8, 4) is 16.8 Å². The fourth-order valence-corrected chi connectivity index (χ4v) is 4.78. The molecule has 2 heterocycles. The standard InChI is InChI=1S/C28H27BrFN3O/c1-19-16-32(15-14-20-2-10-24(31)11-3-20)28(34-19)27-18-33(25-12-6-22(29)7-13-25)17-26(27)21-4-8-23(30)9-5-21/h2-13,17-19,28H,14-16,31H2,1H3/t19-,28-/m0/s1. The van der Waals surface area contributed by atoms with Gasteiger partial charge in [0.15, 0.2) is 0 Å². The molecule has 174 valence electrons. The summed E-state index contributed by atoms with van der Waals surface area (Å²) < 4.78 is 23.2. The van der Waals surface area contributed by atoms with Gasteiger partial charge in [0.2, 0.25) is 0 Å². The highest BCUT2D eigenvalue weighted by atomic mass is 79.9. The van der Waals surface area contributed by atoms with Crippen molar-refractivity contribution in [1.29, 1.82) is 0 Å². The average Bonchev–Trinajstić information content (AvgIpc) is 3.43. The maximum absolute atomic E-state index is 13.7. The summed E-state index contributed by atoms with van der Waals surface area (Å²) in [5.74, 6) is -0.242. The minimum Gasteiger partial charge on any atom is -0.399 e. The zero-order valence-electron chi connectivity index (χ0n) is 19.0. The van der Waals surface area contributed by atoms with Crippen molar-refractivity contribution < 1.29 is 9.13 Å². The highest BCUT2D eigenvalue weighted by Crippen LogP contribution is 2.38. The summed E-state index contributed by atoms with van der Waals surface area (Å²) >= 11 is 3.51. The molecule has 2 atom stereocenters. The van der Waals surface area contributed by atoms with Crippen molar-refractivity contribution in [3.63, 3.8) is 0 Å². The summed E-state index contributed by atoms with van der Waals surface area (Å²) in [6, 6.07) is 22.9. The second-order valence-corrected chi connectivity index (χ2v) is 9.72. The number of rotatable bonds is 6. The molecular weight excluding hydrogens is 493 g/mol. The van der Waals surface area contributed by atoms with Gasteiger partial charge < -0.3 is 15.0 Å². The van der Waals surface area contributed by atoms with Crippen LogP contribution in [0.2, 0.25) is 0 Å². The number of halogens is 2. The van der Waals surface area contributed by atoms with E-state index in [0.717, 1.165) is 52.0 Å². The first-order chi connectivity index (χ1) is 16.5. The van der Waals surface area contributed by atoms with Crippen LogP contribution >= 0.6 is 15.9 Å². The van der Waals surface area contributed by atoms with Crippen molar-refractivity contribution in [3.05, 3.63) is 107 Å². The Kier molecular flexibility index (Phi) is 6.55. The topological polar surface area (TPSA) is 43.4 Å². The molecular formula is C28H27BrFN3O. The summed E-state index contributed by atoms with van der Waals surface area (Å²) in [5.41, 5.74) is 12.0. The Balaban J connectivity index is 1.49. The quantitative estimate of drug-likeness (QED) is 0.292. The monoisotopic (exact) mass is 519 g/mol. The minimum atomic E-state index is -0.242. The van der Waals surface area contributed by atoms with E-state index in [0.29, 0.717) is 0 Å². The molecule has 1 aliphatic rings. The van der Waals surface area contributed by atoms with Crippen LogP contribution in [-0.2, 0) is 11.2 Å². The van der Waals surface area contributed by atoms with Crippen LogP contribution in [0.25, 0.3) is 16.8 Å². The molecule has 2 N–H and O–H groups in total. The van der Waals surface area contributed by atoms with E-state index in [1.165, 1.54) is 17.7 Å². The molecule has 0 amide bonds. The predicted octanol–water partition coefficient (Wildman–Crippen LogP) is 6.59. The van der Waals surface area contributed by atoms with Crippen molar-refractivity contribution in [2.75, 3.05) is 18.8 Å². The lowest BCUT2D eigenvalue weighted by Gasteiger charge is -2.23. The van der Waals surface area contributed by atoms with Gasteiger partial charge in [0.25, 0.3) is 0 Å². The number of ether oxygens (including phenoxy) is 1. The molecule has 1 aliphatic heterocycles. The van der Waals surface area contributed by atoms with Gasteiger partial charge in [-0.2, -0.15) is 0 Å². The molecule has 1 fully saturated rings. The lowest BCUT2D eigenvalue weighted by atomic mass is 10.0. The van der Waals surface area contributed by atoms with E-state index in [9.17, 15) is 4.39 Å². The van der Waals surface area contributed by atoms with Gasteiger partial charge in [-0.1, -0.05) is 40.2 Å². The molecule has 1 aromatic heterocycles. The lowest BCUT2D eigenvalue weighted by molar-refractivity contribution is 0.00526. The molecule has 4 nitrogen and oxygen atoms in total. The van der Waals surface area contributed by atoms with Gasteiger partial charge in [-0.15, -0.1) is 0 Å². The highest BCUT2D eigenvalue weighted by molar-refractivity contribution is 9.10. The number of nitrogen functional groups attached to an aromatic ring is 1. The molecule has 6 heteroatoms. The normalized spacial score (nSPS) is 18.4. The Morgan fingerprint density at radius 1 is 0.971 bits per heavy atom. The summed E-state index contributed by atoms with van der Waals surface area (Å²) in [6.45, 7) is 3.83. The van der Waals surface area contributed by atoms with Crippen molar-refractivity contribution in [2.24, 2.45) is 0 Å². The molecule has 0 bridgehead atoms. The first kappa shape index (κ1) is 22.8. The highest BCUT2D eigenvalue weighted by Gasteiger charge is 2.34. The van der Waals surface area contributed by atoms with Gasteiger partial charge in [0, 0.05) is 52.5 Å². The van der Waals surface area contributed by atoms with E-state index in [-0.39, 0.29) is 18.1 Å².